The minimum Gasteiger partial charge on any atom is -0.378 e. The van der Waals surface area contributed by atoms with Crippen molar-refractivity contribution in [3.8, 4) is 0 Å². The monoisotopic (exact) mass is 261 g/mol. The van der Waals surface area contributed by atoms with Gasteiger partial charge >= 0.3 is 0 Å². The van der Waals surface area contributed by atoms with Crippen LogP contribution in [0.25, 0.3) is 0 Å². The van der Waals surface area contributed by atoms with Crippen molar-refractivity contribution in [2.75, 3.05) is 13.2 Å². The van der Waals surface area contributed by atoms with Gasteiger partial charge in [-0.25, -0.2) is 0 Å². The summed E-state index contributed by atoms with van der Waals surface area (Å²) >= 11 is 0. The Morgan fingerprint density at radius 1 is 1.32 bits per heavy atom. The highest BCUT2D eigenvalue weighted by Gasteiger charge is 2.28. The van der Waals surface area contributed by atoms with Gasteiger partial charge < -0.3 is 10.5 Å². The molecule has 2 atom stereocenters. The van der Waals surface area contributed by atoms with Gasteiger partial charge in [0.05, 0.1) is 6.10 Å². The predicted molar refractivity (Wildman–Crippen MR) is 80.3 cm³/mol. The Kier molecular flexibility index (Phi) is 5.41. The molecular weight excluding hydrogens is 234 g/mol. The molecule has 1 aromatic rings. The number of benzene rings is 1. The minimum atomic E-state index is 0.153. The van der Waals surface area contributed by atoms with Crippen LogP contribution in [0.1, 0.15) is 51.0 Å². The number of hydrogen-bond donors (Lipinski definition) is 1. The van der Waals surface area contributed by atoms with E-state index < -0.39 is 0 Å². The number of ether oxygens (including phenoxy) is 1. The Labute approximate surface area is 117 Å². The van der Waals surface area contributed by atoms with E-state index in [1.807, 2.05) is 0 Å². The van der Waals surface area contributed by atoms with Gasteiger partial charge in [0.25, 0.3) is 0 Å². The maximum atomic E-state index is 6.11. The summed E-state index contributed by atoms with van der Waals surface area (Å²) in [5, 5.41) is 0. The second-order valence-corrected chi connectivity index (χ2v) is 5.73. The molecule has 1 aromatic carbocycles. The molecule has 1 saturated heterocycles. The van der Waals surface area contributed by atoms with Crippen LogP contribution < -0.4 is 5.73 Å². The van der Waals surface area contributed by atoms with Crippen molar-refractivity contribution in [3.05, 3.63) is 35.9 Å². The molecule has 2 heteroatoms. The van der Waals surface area contributed by atoms with Crippen LogP contribution in [0.5, 0.6) is 0 Å². The summed E-state index contributed by atoms with van der Waals surface area (Å²) in [7, 11) is 0. The van der Waals surface area contributed by atoms with E-state index in [-0.39, 0.29) is 5.41 Å². The summed E-state index contributed by atoms with van der Waals surface area (Å²) in [6.45, 7) is 3.95. The van der Waals surface area contributed by atoms with Gasteiger partial charge in [-0.05, 0) is 44.1 Å². The lowest BCUT2D eigenvalue weighted by Crippen LogP contribution is -2.34. The molecule has 0 aliphatic carbocycles. The maximum Gasteiger partial charge on any atom is 0.0576 e. The minimum absolute atomic E-state index is 0.153. The zero-order valence-corrected chi connectivity index (χ0v) is 12.1. The molecule has 0 spiro atoms. The van der Waals surface area contributed by atoms with Crippen molar-refractivity contribution in [3.63, 3.8) is 0 Å². The summed E-state index contributed by atoms with van der Waals surface area (Å²) in [5.41, 5.74) is 7.66. The van der Waals surface area contributed by atoms with Crippen molar-refractivity contribution in [2.24, 2.45) is 5.73 Å². The fourth-order valence-electron chi connectivity index (χ4n) is 3.22. The molecule has 1 aliphatic heterocycles. The van der Waals surface area contributed by atoms with E-state index in [2.05, 4.69) is 37.3 Å². The van der Waals surface area contributed by atoms with Crippen molar-refractivity contribution in [1.29, 1.82) is 0 Å². The first-order chi connectivity index (χ1) is 9.30. The summed E-state index contributed by atoms with van der Waals surface area (Å²) in [4.78, 5) is 0. The first-order valence-corrected chi connectivity index (χ1v) is 7.68. The second-order valence-electron chi connectivity index (χ2n) is 5.73. The van der Waals surface area contributed by atoms with E-state index in [0.717, 1.165) is 19.6 Å². The van der Waals surface area contributed by atoms with Gasteiger partial charge in [-0.1, -0.05) is 37.3 Å². The Hall–Kier alpha value is -0.860. The SMILES string of the molecule is CCC(CN)(CCCC1CCCO1)c1ccccc1. The fourth-order valence-corrected chi connectivity index (χ4v) is 3.22. The molecule has 19 heavy (non-hydrogen) atoms. The third-order valence-electron chi connectivity index (χ3n) is 4.66. The molecule has 0 aromatic heterocycles. The van der Waals surface area contributed by atoms with Crippen LogP contribution in [0.4, 0.5) is 0 Å². The molecule has 0 amide bonds. The van der Waals surface area contributed by atoms with E-state index in [4.69, 9.17) is 10.5 Å². The lowest BCUT2D eigenvalue weighted by atomic mass is 9.74. The van der Waals surface area contributed by atoms with Crippen LogP contribution >= 0.6 is 0 Å². The van der Waals surface area contributed by atoms with Gasteiger partial charge in [-0.15, -0.1) is 0 Å². The van der Waals surface area contributed by atoms with E-state index in [1.54, 1.807) is 0 Å². The van der Waals surface area contributed by atoms with Gasteiger partial charge in [0.2, 0.25) is 0 Å². The standard InChI is InChI=1S/C17H27NO/c1-2-17(14-18,15-8-4-3-5-9-15)12-6-10-16-11-7-13-19-16/h3-5,8-9,16H,2,6-7,10-14,18H2,1H3. The van der Waals surface area contributed by atoms with Crippen LogP contribution in [-0.4, -0.2) is 19.3 Å². The number of rotatable bonds is 7. The van der Waals surface area contributed by atoms with Crippen LogP contribution in [0.3, 0.4) is 0 Å². The van der Waals surface area contributed by atoms with Gasteiger partial charge in [-0.3, -0.25) is 0 Å². The molecule has 2 N–H and O–H groups in total. The quantitative estimate of drug-likeness (QED) is 0.813. The van der Waals surface area contributed by atoms with E-state index in [0.29, 0.717) is 6.10 Å². The average molecular weight is 261 g/mol. The molecule has 1 fully saturated rings. The number of nitrogens with two attached hydrogens (primary N) is 1. The molecule has 1 heterocycles. The molecule has 2 nitrogen and oxygen atoms in total. The van der Waals surface area contributed by atoms with Crippen molar-refractivity contribution in [2.45, 2.75) is 57.0 Å². The zero-order chi connectivity index (χ0) is 13.6. The number of hydrogen-bond acceptors (Lipinski definition) is 2. The fraction of sp³-hybridized carbons (Fsp3) is 0.647. The van der Waals surface area contributed by atoms with Crippen LogP contribution in [0.2, 0.25) is 0 Å². The predicted octanol–water partition coefficient (Wildman–Crippen LogP) is 3.64. The van der Waals surface area contributed by atoms with Crippen LogP contribution in [-0.2, 0) is 10.2 Å². The van der Waals surface area contributed by atoms with Crippen molar-refractivity contribution in [1.82, 2.24) is 0 Å². The van der Waals surface area contributed by atoms with Gasteiger partial charge in [0, 0.05) is 18.6 Å². The smallest absolute Gasteiger partial charge is 0.0576 e. The molecule has 0 radical (unpaired) electrons. The molecule has 2 unspecified atom stereocenters. The molecular formula is C17H27NO. The summed E-state index contributed by atoms with van der Waals surface area (Å²) in [6.07, 6.45) is 7.66. The molecule has 2 rings (SSSR count). The topological polar surface area (TPSA) is 35.2 Å². The molecule has 0 saturated carbocycles. The highest BCUT2D eigenvalue weighted by atomic mass is 16.5. The van der Waals surface area contributed by atoms with Crippen LogP contribution in [0, 0.1) is 0 Å². The molecule has 0 bridgehead atoms. The highest BCUT2D eigenvalue weighted by molar-refractivity contribution is 5.25. The van der Waals surface area contributed by atoms with Gasteiger partial charge in [0.1, 0.15) is 0 Å². The van der Waals surface area contributed by atoms with Crippen molar-refractivity contribution >= 4 is 0 Å². The van der Waals surface area contributed by atoms with Crippen LogP contribution in [0.15, 0.2) is 30.3 Å². The highest BCUT2D eigenvalue weighted by Crippen LogP contribution is 2.33. The Morgan fingerprint density at radius 2 is 2.11 bits per heavy atom. The summed E-state index contributed by atoms with van der Waals surface area (Å²) in [5.74, 6) is 0. The second kappa shape index (κ2) is 7.06. The molecule has 106 valence electrons. The van der Waals surface area contributed by atoms with Gasteiger partial charge in [0.15, 0.2) is 0 Å². The maximum absolute atomic E-state index is 6.11. The zero-order valence-electron chi connectivity index (χ0n) is 12.1. The normalized spacial score (nSPS) is 22.3. The van der Waals surface area contributed by atoms with Crippen molar-refractivity contribution < 1.29 is 4.74 Å². The Balaban J connectivity index is 1.95. The van der Waals surface area contributed by atoms with E-state index in [1.165, 1.54) is 37.7 Å². The average Bonchev–Trinajstić information content (AvgIpc) is 2.98. The summed E-state index contributed by atoms with van der Waals surface area (Å²) in [6, 6.07) is 10.8. The lowest BCUT2D eigenvalue weighted by Gasteiger charge is -2.32. The van der Waals surface area contributed by atoms with E-state index >= 15 is 0 Å². The first-order valence-electron chi connectivity index (χ1n) is 7.68. The summed E-state index contributed by atoms with van der Waals surface area (Å²) < 4.78 is 5.71. The third-order valence-corrected chi connectivity index (χ3v) is 4.66. The third kappa shape index (κ3) is 3.58. The Bertz CT molecular complexity index is 353. The Morgan fingerprint density at radius 3 is 2.68 bits per heavy atom. The van der Waals surface area contributed by atoms with E-state index in [9.17, 15) is 0 Å². The molecule has 1 aliphatic rings. The largest absolute Gasteiger partial charge is 0.378 e. The first kappa shape index (κ1) is 14.5. The lowest BCUT2D eigenvalue weighted by molar-refractivity contribution is 0.0999. The van der Waals surface area contributed by atoms with Gasteiger partial charge in [-0.2, -0.15) is 0 Å².